The Morgan fingerprint density at radius 3 is 2.39 bits per heavy atom. The Morgan fingerprint density at radius 1 is 0.848 bits per heavy atom. The van der Waals surface area contributed by atoms with Crippen molar-refractivity contribution in [1.29, 1.82) is 0 Å². The fraction of sp³-hybridized carbons (Fsp3) is 0.160. The Balaban J connectivity index is 1.40. The van der Waals surface area contributed by atoms with Gasteiger partial charge < -0.3 is 24.8 Å². The van der Waals surface area contributed by atoms with Crippen LogP contribution in [0, 0.1) is 6.92 Å². The van der Waals surface area contributed by atoms with E-state index >= 15 is 0 Å². The van der Waals surface area contributed by atoms with Crippen LogP contribution in [0.2, 0.25) is 0 Å². The van der Waals surface area contributed by atoms with Gasteiger partial charge in [-0.2, -0.15) is 0 Å². The van der Waals surface area contributed by atoms with Gasteiger partial charge in [-0.3, -0.25) is 0 Å². The van der Waals surface area contributed by atoms with Gasteiger partial charge in [0.1, 0.15) is 23.6 Å². The number of nitrogens with one attached hydrogen (secondary N) is 2. The van der Waals surface area contributed by atoms with Gasteiger partial charge in [0.05, 0.1) is 38.0 Å². The third kappa shape index (κ3) is 5.68. The molecule has 2 N–H and O–H groups in total. The van der Waals surface area contributed by atoms with E-state index in [2.05, 4.69) is 25.6 Å². The van der Waals surface area contributed by atoms with Crippen LogP contribution < -0.4 is 24.8 Å². The summed E-state index contributed by atoms with van der Waals surface area (Å²) in [6.07, 6.45) is 4.92. The number of aromatic nitrogens is 3. The lowest BCUT2D eigenvalue weighted by molar-refractivity contribution is 0.404. The second-order valence-corrected chi connectivity index (χ2v) is 7.23. The van der Waals surface area contributed by atoms with Crippen molar-refractivity contribution in [2.24, 2.45) is 0 Å². The van der Waals surface area contributed by atoms with Crippen LogP contribution in [-0.4, -0.2) is 29.2 Å². The van der Waals surface area contributed by atoms with Crippen LogP contribution in [0.1, 0.15) is 11.1 Å². The van der Waals surface area contributed by atoms with Crippen LogP contribution in [0.4, 0.5) is 17.2 Å². The van der Waals surface area contributed by atoms with E-state index in [4.69, 9.17) is 14.2 Å². The molecule has 4 rings (SSSR count). The van der Waals surface area contributed by atoms with E-state index in [0.717, 1.165) is 34.0 Å². The summed E-state index contributed by atoms with van der Waals surface area (Å²) in [4.78, 5) is 12.9. The highest BCUT2D eigenvalue weighted by Crippen LogP contribution is 2.28. The molecule has 168 valence electrons. The molecule has 0 bridgehead atoms. The van der Waals surface area contributed by atoms with Crippen molar-refractivity contribution in [3.8, 4) is 23.1 Å². The number of hydrogen-bond acceptors (Lipinski definition) is 8. The van der Waals surface area contributed by atoms with Gasteiger partial charge in [-0.25, -0.2) is 15.0 Å². The number of hydrogen-bond donors (Lipinski definition) is 2. The molecule has 0 atom stereocenters. The van der Waals surface area contributed by atoms with Crippen molar-refractivity contribution in [3.05, 3.63) is 84.4 Å². The molecule has 0 radical (unpaired) electrons. The molecular weight excluding hydrogens is 418 g/mol. The van der Waals surface area contributed by atoms with Crippen LogP contribution in [0.15, 0.2) is 73.3 Å². The van der Waals surface area contributed by atoms with Crippen molar-refractivity contribution in [2.45, 2.75) is 13.5 Å². The molecule has 2 aromatic heterocycles. The summed E-state index contributed by atoms with van der Waals surface area (Å²) in [6.45, 7) is 2.60. The highest BCUT2D eigenvalue weighted by Gasteiger charge is 2.07. The second kappa shape index (κ2) is 10.3. The maximum atomic E-state index is 5.84. The Morgan fingerprint density at radius 2 is 1.67 bits per heavy atom. The van der Waals surface area contributed by atoms with E-state index in [9.17, 15) is 0 Å². The lowest BCUT2D eigenvalue weighted by Gasteiger charge is -2.13. The Bertz CT molecular complexity index is 1200. The molecule has 0 aliphatic heterocycles. The van der Waals surface area contributed by atoms with Crippen LogP contribution in [0.3, 0.4) is 0 Å². The molecular formula is C25H25N5O3. The van der Waals surface area contributed by atoms with E-state index in [1.54, 1.807) is 32.7 Å². The number of aryl methyl sites for hydroxylation is 1. The fourth-order valence-corrected chi connectivity index (χ4v) is 3.14. The van der Waals surface area contributed by atoms with Crippen LogP contribution >= 0.6 is 0 Å². The molecule has 0 aliphatic rings. The first-order valence-electron chi connectivity index (χ1n) is 10.4. The molecule has 0 fully saturated rings. The minimum atomic E-state index is 0.479. The summed E-state index contributed by atoms with van der Waals surface area (Å²) in [5, 5.41) is 6.63. The lowest BCUT2D eigenvalue weighted by atomic mass is 10.2. The first kappa shape index (κ1) is 21.9. The van der Waals surface area contributed by atoms with E-state index in [1.807, 2.05) is 55.5 Å². The third-order valence-corrected chi connectivity index (χ3v) is 4.96. The smallest absolute Gasteiger partial charge is 0.219 e. The van der Waals surface area contributed by atoms with Crippen molar-refractivity contribution < 1.29 is 14.2 Å². The number of benzene rings is 2. The quantitative estimate of drug-likeness (QED) is 0.358. The van der Waals surface area contributed by atoms with Gasteiger partial charge in [0, 0.05) is 18.7 Å². The molecule has 0 saturated heterocycles. The van der Waals surface area contributed by atoms with E-state index in [0.29, 0.717) is 24.0 Å². The first-order valence-corrected chi connectivity index (χ1v) is 10.4. The number of ether oxygens (including phenoxy) is 3. The fourth-order valence-electron chi connectivity index (χ4n) is 3.14. The van der Waals surface area contributed by atoms with Gasteiger partial charge in [-0.05, 0) is 42.3 Å². The Kier molecular flexibility index (Phi) is 6.84. The monoisotopic (exact) mass is 443 g/mol. The normalized spacial score (nSPS) is 10.4. The van der Waals surface area contributed by atoms with Gasteiger partial charge in [-0.1, -0.05) is 18.2 Å². The second-order valence-electron chi connectivity index (χ2n) is 7.23. The van der Waals surface area contributed by atoms with Crippen molar-refractivity contribution in [1.82, 2.24) is 15.0 Å². The molecule has 0 saturated carbocycles. The van der Waals surface area contributed by atoms with Gasteiger partial charge >= 0.3 is 0 Å². The Labute approximate surface area is 192 Å². The summed E-state index contributed by atoms with van der Waals surface area (Å²) in [6, 6.07) is 17.2. The zero-order valence-corrected chi connectivity index (χ0v) is 18.7. The lowest BCUT2D eigenvalue weighted by Crippen LogP contribution is -2.05. The number of pyridine rings is 1. The maximum absolute atomic E-state index is 5.84. The largest absolute Gasteiger partial charge is 0.497 e. The van der Waals surface area contributed by atoms with Gasteiger partial charge in [0.15, 0.2) is 5.82 Å². The molecule has 4 aromatic rings. The maximum Gasteiger partial charge on any atom is 0.219 e. The Hall–Kier alpha value is -4.33. The first-order chi connectivity index (χ1) is 16.1. The highest BCUT2D eigenvalue weighted by atomic mass is 16.5. The summed E-state index contributed by atoms with van der Waals surface area (Å²) in [5.74, 6) is 3.38. The molecule has 33 heavy (non-hydrogen) atoms. The number of rotatable bonds is 9. The van der Waals surface area contributed by atoms with Crippen molar-refractivity contribution in [3.63, 3.8) is 0 Å². The summed E-state index contributed by atoms with van der Waals surface area (Å²) >= 11 is 0. The average Bonchev–Trinajstić information content (AvgIpc) is 2.86. The molecule has 2 aromatic carbocycles. The number of nitrogens with zero attached hydrogens (tertiary/aromatic N) is 3. The van der Waals surface area contributed by atoms with Crippen LogP contribution in [0.25, 0.3) is 0 Å². The van der Waals surface area contributed by atoms with Crippen LogP contribution in [-0.2, 0) is 6.54 Å². The zero-order chi connectivity index (χ0) is 23.0. The molecule has 8 heteroatoms. The van der Waals surface area contributed by atoms with E-state index < -0.39 is 0 Å². The predicted octanol–water partition coefficient (Wildman–Crippen LogP) is 5.35. The minimum absolute atomic E-state index is 0.479. The summed E-state index contributed by atoms with van der Waals surface area (Å²) in [7, 11) is 3.29. The predicted molar refractivity (Wildman–Crippen MR) is 128 cm³/mol. The molecule has 8 nitrogen and oxygen atoms in total. The molecule has 0 aliphatic carbocycles. The van der Waals surface area contributed by atoms with Gasteiger partial charge in [-0.15, -0.1) is 0 Å². The summed E-state index contributed by atoms with van der Waals surface area (Å²) in [5.41, 5.74) is 3.70. The topological polar surface area (TPSA) is 90.4 Å². The van der Waals surface area contributed by atoms with Gasteiger partial charge in [0.25, 0.3) is 0 Å². The number of anilines is 3. The average molecular weight is 444 g/mol. The molecule has 0 amide bonds. The van der Waals surface area contributed by atoms with Crippen molar-refractivity contribution >= 4 is 17.2 Å². The van der Waals surface area contributed by atoms with E-state index in [-0.39, 0.29) is 0 Å². The molecule has 0 spiro atoms. The molecule has 0 unspecified atom stereocenters. The van der Waals surface area contributed by atoms with Gasteiger partial charge in [0.2, 0.25) is 5.88 Å². The highest BCUT2D eigenvalue weighted by molar-refractivity contribution is 5.69. The SMILES string of the molecule is COc1ccc(CNc2cncnc2Nc2ccc(Oc3ccc(C)c(OC)c3)nc2)cc1. The zero-order valence-electron chi connectivity index (χ0n) is 18.7. The standard InChI is InChI=1S/C25H25N5O3/c1-17-4-8-21(12-23(17)32-3)33-24-11-7-19(14-28-24)30-25-22(15-26-16-29-25)27-13-18-5-9-20(31-2)10-6-18/h4-12,14-16,27H,13H2,1-3H3,(H,26,29,30). The molecule has 2 heterocycles. The van der Waals surface area contributed by atoms with E-state index in [1.165, 1.54) is 6.33 Å². The number of methoxy groups -OCH3 is 2. The van der Waals surface area contributed by atoms with Crippen molar-refractivity contribution in [2.75, 3.05) is 24.9 Å². The minimum Gasteiger partial charge on any atom is -0.497 e. The third-order valence-electron chi connectivity index (χ3n) is 4.96. The summed E-state index contributed by atoms with van der Waals surface area (Å²) < 4.78 is 16.4. The van der Waals surface area contributed by atoms with Crippen LogP contribution in [0.5, 0.6) is 23.1 Å².